The summed E-state index contributed by atoms with van der Waals surface area (Å²) < 4.78 is 53.3. The topological polar surface area (TPSA) is 83.5 Å². The Morgan fingerprint density at radius 3 is 2.62 bits per heavy atom. The standard InChI is InChI=1S/C13H23F2NO4S/c1-2-3-7-11(12(17)18)16-21(19,20)9-10-6-4-5-8-13(10,14)15/h10-11,16H,2-9H2,1H3,(H,17,18). The van der Waals surface area contributed by atoms with Crippen LogP contribution in [0.4, 0.5) is 8.78 Å². The smallest absolute Gasteiger partial charge is 0.321 e. The summed E-state index contributed by atoms with van der Waals surface area (Å²) >= 11 is 0. The Hall–Kier alpha value is -0.760. The largest absolute Gasteiger partial charge is 0.480 e. The van der Waals surface area contributed by atoms with Gasteiger partial charge in [0.2, 0.25) is 10.0 Å². The predicted octanol–water partition coefficient (Wildman–Crippen LogP) is 2.37. The number of unbranched alkanes of at least 4 members (excludes halogenated alkanes) is 1. The number of carboxylic acids is 1. The first-order valence-corrected chi connectivity index (χ1v) is 8.94. The molecule has 1 aliphatic carbocycles. The van der Waals surface area contributed by atoms with E-state index in [9.17, 15) is 22.0 Å². The van der Waals surface area contributed by atoms with Crippen LogP contribution in [0, 0.1) is 5.92 Å². The van der Waals surface area contributed by atoms with Crippen LogP contribution < -0.4 is 4.72 Å². The average molecular weight is 327 g/mol. The van der Waals surface area contributed by atoms with Gasteiger partial charge in [-0.1, -0.05) is 26.2 Å². The normalized spacial score (nSPS) is 23.7. The molecule has 0 heterocycles. The molecule has 1 saturated carbocycles. The number of sulfonamides is 1. The molecule has 0 bridgehead atoms. The van der Waals surface area contributed by atoms with E-state index in [1.165, 1.54) is 0 Å². The van der Waals surface area contributed by atoms with Gasteiger partial charge in [0.1, 0.15) is 6.04 Å². The zero-order valence-corrected chi connectivity index (χ0v) is 13.0. The van der Waals surface area contributed by atoms with Crippen LogP contribution in [0.15, 0.2) is 0 Å². The van der Waals surface area contributed by atoms with Gasteiger partial charge in [0.25, 0.3) is 5.92 Å². The quantitative estimate of drug-likeness (QED) is 0.717. The van der Waals surface area contributed by atoms with Crippen LogP contribution in [-0.4, -0.2) is 37.2 Å². The number of carbonyl (C=O) groups is 1. The Bertz CT molecular complexity index is 453. The highest BCUT2D eigenvalue weighted by Gasteiger charge is 2.43. The first-order chi connectivity index (χ1) is 9.68. The number of carboxylic acid groups (broad SMARTS) is 1. The molecule has 2 atom stereocenters. The Balaban J connectivity index is 2.69. The lowest BCUT2D eigenvalue weighted by Gasteiger charge is -2.31. The van der Waals surface area contributed by atoms with Crippen molar-refractivity contribution in [3.8, 4) is 0 Å². The van der Waals surface area contributed by atoms with Crippen molar-refractivity contribution < 1.29 is 27.1 Å². The van der Waals surface area contributed by atoms with Crippen molar-refractivity contribution >= 4 is 16.0 Å². The molecule has 0 spiro atoms. The molecule has 5 nitrogen and oxygen atoms in total. The number of halogens is 2. The Kier molecular flexibility index (Phi) is 6.52. The fourth-order valence-corrected chi connectivity index (χ4v) is 4.23. The van der Waals surface area contributed by atoms with Crippen molar-refractivity contribution in [3.05, 3.63) is 0 Å². The van der Waals surface area contributed by atoms with E-state index < -0.39 is 39.6 Å². The third-order valence-corrected chi connectivity index (χ3v) is 5.28. The van der Waals surface area contributed by atoms with Gasteiger partial charge in [0.15, 0.2) is 0 Å². The van der Waals surface area contributed by atoms with Crippen molar-refractivity contribution in [2.75, 3.05) is 5.75 Å². The van der Waals surface area contributed by atoms with Gasteiger partial charge in [-0.2, -0.15) is 0 Å². The minimum Gasteiger partial charge on any atom is -0.480 e. The molecule has 2 unspecified atom stereocenters. The zero-order valence-electron chi connectivity index (χ0n) is 12.1. The van der Waals surface area contributed by atoms with E-state index >= 15 is 0 Å². The second-order valence-electron chi connectivity index (χ2n) is 5.64. The summed E-state index contributed by atoms with van der Waals surface area (Å²) in [7, 11) is -4.04. The number of hydrogen-bond donors (Lipinski definition) is 2. The predicted molar refractivity (Wildman–Crippen MR) is 74.8 cm³/mol. The zero-order chi connectivity index (χ0) is 16.1. The van der Waals surface area contributed by atoms with Crippen molar-refractivity contribution in [1.82, 2.24) is 4.72 Å². The summed E-state index contributed by atoms with van der Waals surface area (Å²) in [5.41, 5.74) is 0. The van der Waals surface area contributed by atoms with Crippen LogP contribution >= 0.6 is 0 Å². The number of alkyl halides is 2. The SMILES string of the molecule is CCCCC(NS(=O)(=O)CC1CCCCC1(F)F)C(=O)O. The highest BCUT2D eigenvalue weighted by molar-refractivity contribution is 7.89. The van der Waals surface area contributed by atoms with Gasteiger partial charge in [-0.25, -0.2) is 21.9 Å². The molecule has 0 aromatic rings. The second-order valence-corrected chi connectivity index (χ2v) is 7.43. The van der Waals surface area contributed by atoms with Crippen LogP contribution in [0.3, 0.4) is 0 Å². The number of nitrogens with one attached hydrogen (secondary N) is 1. The molecular weight excluding hydrogens is 304 g/mol. The molecule has 21 heavy (non-hydrogen) atoms. The number of hydrogen-bond acceptors (Lipinski definition) is 3. The Morgan fingerprint density at radius 2 is 2.10 bits per heavy atom. The van der Waals surface area contributed by atoms with Crippen LogP contribution in [0.25, 0.3) is 0 Å². The van der Waals surface area contributed by atoms with Crippen LogP contribution in [0.5, 0.6) is 0 Å². The van der Waals surface area contributed by atoms with Gasteiger partial charge in [0, 0.05) is 12.3 Å². The van der Waals surface area contributed by atoms with Crippen molar-refractivity contribution in [1.29, 1.82) is 0 Å². The van der Waals surface area contributed by atoms with E-state index in [1.807, 2.05) is 6.92 Å². The van der Waals surface area contributed by atoms with Gasteiger partial charge >= 0.3 is 5.97 Å². The summed E-state index contributed by atoms with van der Waals surface area (Å²) in [5.74, 6) is -6.21. The molecule has 0 aromatic heterocycles. The van der Waals surface area contributed by atoms with Gasteiger partial charge in [0.05, 0.1) is 5.75 Å². The fraction of sp³-hybridized carbons (Fsp3) is 0.923. The van der Waals surface area contributed by atoms with Gasteiger partial charge in [-0.05, 0) is 19.3 Å². The monoisotopic (exact) mass is 327 g/mol. The average Bonchev–Trinajstić information content (AvgIpc) is 2.36. The summed E-state index contributed by atoms with van der Waals surface area (Å²) in [5, 5.41) is 9.00. The maximum atomic E-state index is 13.7. The molecule has 124 valence electrons. The van der Waals surface area contributed by atoms with E-state index in [0.717, 1.165) is 6.42 Å². The van der Waals surface area contributed by atoms with E-state index in [4.69, 9.17) is 5.11 Å². The lowest BCUT2D eigenvalue weighted by atomic mass is 9.87. The van der Waals surface area contributed by atoms with Crippen molar-refractivity contribution in [3.63, 3.8) is 0 Å². The third-order valence-electron chi connectivity index (χ3n) is 3.80. The molecular formula is C13H23F2NO4S. The molecule has 0 saturated heterocycles. The van der Waals surface area contributed by atoms with Crippen LogP contribution in [0.2, 0.25) is 0 Å². The van der Waals surface area contributed by atoms with Crippen molar-refractivity contribution in [2.24, 2.45) is 5.92 Å². The summed E-state index contributed by atoms with van der Waals surface area (Å²) in [6, 6.07) is -1.24. The lowest BCUT2D eigenvalue weighted by molar-refractivity contribution is -0.139. The number of rotatable bonds is 8. The first kappa shape index (κ1) is 18.3. The molecule has 8 heteroatoms. The van der Waals surface area contributed by atoms with E-state index in [1.54, 1.807) is 0 Å². The molecule has 1 aliphatic rings. The van der Waals surface area contributed by atoms with E-state index in [0.29, 0.717) is 19.3 Å². The van der Waals surface area contributed by atoms with Gasteiger partial charge in [-0.3, -0.25) is 4.79 Å². The van der Waals surface area contributed by atoms with Crippen molar-refractivity contribution in [2.45, 2.75) is 63.8 Å². The molecule has 0 amide bonds. The Labute approximate surface area is 124 Å². The maximum Gasteiger partial charge on any atom is 0.321 e. The molecule has 1 rings (SSSR count). The van der Waals surface area contributed by atoms with E-state index in [2.05, 4.69) is 4.72 Å². The van der Waals surface area contributed by atoms with Gasteiger partial charge in [-0.15, -0.1) is 0 Å². The molecule has 2 N–H and O–H groups in total. The van der Waals surface area contributed by atoms with E-state index in [-0.39, 0.29) is 19.3 Å². The maximum absolute atomic E-state index is 13.7. The minimum atomic E-state index is -4.04. The first-order valence-electron chi connectivity index (χ1n) is 7.28. The highest BCUT2D eigenvalue weighted by atomic mass is 32.2. The highest BCUT2D eigenvalue weighted by Crippen LogP contribution is 2.38. The minimum absolute atomic E-state index is 0.153. The van der Waals surface area contributed by atoms with Crippen LogP contribution in [-0.2, 0) is 14.8 Å². The fourth-order valence-electron chi connectivity index (χ4n) is 2.54. The van der Waals surface area contributed by atoms with Gasteiger partial charge < -0.3 is 5.11 Å². The molecule has 1 fully saturated rings. The summed E-state index contributed by atoms with van der Waals surface area (Å²) in [6.07, 6.45) is 2.27. The third kappa shape index (κ3) is 5.86. The molecule has 0 radical (unpaired) electrons. The second kappa shape index (κ2) is 7.49. The lowest BCUT2D eigenvalue weighted by Crippen LogP contribution is -2.45. The Morgan fingerprint density at radius 1 is 1.43 bits per heavy atom. The summed E-state index contributed by atoms with van der Waals surface area (Å²) in [6.45, 7) is 1.86. The summed E-state index contributed by atoms with van der Waals surface area (Å²) in [4.78, 5) is 11.0. The van der Waals surface area contributed by atoms with Crippen LogP contribution in [0.1, 0.15) is 51.9 Å². The molecule has 0 aliphatic heterocycles. The number of aliphatic carboxylic acids is 1. The molecule has 0 aromatic carbocycles.